The normalized spacial score (nSPS) is 20.9. The maximum absolute atomic E-state index is 13.3. The van der Waals surface area contributed by atoms with Crippen LogP contribution in [0, 0.1) is 17.1 Å². The van der Waals surface area contributed by atoms with Crippen molar-refractivity contribution in [2.45, 2.75) is 19.1 Å². The highest BCUT2D eigenvalue weighted by molar-refractivity contribution is 5.33. The van der Waals surface area contributed by atoms with Gasteiger partial charge in [0, 0.05) is 19.6 Å². The van der Waals surface area contributed by atoms with E-state index in [0.717, 1.165) is 18.5 Å². The molecule has 0 spiro atoms. The first-order chi connectivity index (χ1) is 7.69. The summed E-state index contributed by atoms with van der Waals surface area (Å²) in [6.45, 7) is 2.10. The zero-order valence-electron chi connectivity index (χ0n) is 8.86. The molecule has 1 aromatic rings. The molecule has 1 saturated heterocycles. The summed E-state index contributed by atoms with van der Waals surface area (Å²) in [7, 11) is 0. The molecule has 0 radical (unpaired) electrons. The van der Waals surface area contributed by atoms with E-state index in [1.165, 1.54) is 12.1 Å². The maximum atomic E-state index is 13.3. The molecule has 1 N–H and O–H groups in total. The Balaban J connectivity index is 2.05. The van der Waals surface area contributed by atoms with Crippen LogP contribution >= 0.6 is 0 Å². The average molecular weight is 220 g/mol. The second kappa shape index (κ2) is 4.60. The van der Waals surface area contributed by atoms with Crippen molar-refractivity contribution in [1.29, 1.82) is 5.26 Å². The van der Waals surface area contributed by atoms with Gasteiger partial charge in [0.05, 0.1) is 11.7 Å². The summed E-state index contributed by atoms with van der Waals surface area (Å²) in [5.74, 6) is -0.472. The minimum Gasteiger partial charge on any atom is -0.392 e. The molecule has 1 heterocycles. The summed E-state index contributed by atoms with van der Waals surface area (Å²) in [6, 6.07) is 6.44. The minimum absolute atomic E-state index is 0.0743. The van der Waals surface area contributed by atoms with Crippen molar-refractivity contribution in [2.75, 3.05) is 13.1 Å². The number of benzene rings is 1. The monoisotopic (exact) mass is 220 g/mol. The predicted molar refractivity (Wildman–Crippen MR) is 57.0 cm³/mol. The minimum atomic E-state index is -0.472. The van der Waals surface area contributed by atoms with Crippen molar-refractivity contribution in [3.8, 4) is 6.07 Å². The third-order valence-electron chi connectivity index (χ3n) is 2.81. The third kappa shape index (κ3) is 2.38. The van der Waals surface area contributed by atoms with Crippen molar-refractivity contribution in [3.63, 3.8) is 0 Å². The highest BCUT2D eigenvalue weighted by Gasteiger charge is 2.20. The Morgan fingerprint density at radius 1 is 1.56 bits per heavy atom. The number of likely N-dealkylation sites (tertiary alicyclic amines) is 1. The van der Waals surface area contributed by atoms with Gasteiger partial charge in [-0.15, -0.1) is 0 Å². The van der Waals surface area contributed by atoms with Crippen molar-refractivity contribution in [1.82, 2.24) is 4.90 Å². The van der Waals surface area contributed by atoms with Gasteiger partial charge in [-0.1, -0.05) is 6.07 Å². The van der Waals surface area contributed by atoms with Crippen LogP contribution in [0.3, 0.4) is 0 Å². The van der Waals surface area contributed by atoms with E-state index in [-0.39, 0.29) is 11.7 Å². The summed E-state index contributed by atoms with van der Waals surface area (Å²) in [4.78, 5) is 2.07. The van der Waals surface area contributed by atoms with Crippen LogP contribution in [0.25, 0.3) is 0 Å². The van der Waals surface area contributed by atoms with E-state index in [2.05, 4.69) is 4.90 Å². The molecule has 1 fully saturated rings. The first-order valence-electron chi connectivity index (χ1n) is 5.28. The summed E-state index contributed by atoms with van der Waals surface area (Å²) < 4.78 is 13.3. The molecular weight excluding hydrogens is 207 g/mol. The van der Waals surface area contributed by atoms with Gasteiger partial charge in [-0.3, -0.25) is 4.90 Å². The van der Waals surface area contributed by atoms with E-state index < -0.39 is 5.82 Å². The molecule has 0 bridgehead atoms. The molecule has 3 nitrogen and oxygen atoms in total. The van der Waals surface area contributed by atoms with Crippen molar-refractivity contribution in [3.05, 3.63) is 35.1 Å². The lowest BCUT2D eigenvalue weighted by Crippen LogP contribution is -2.21. The summed E-state index contributed by atoms with van der Waals surface area (Å²) in [5, 5.41) is 18.0. The van der Waals surface area contributed by atoms with E-state index in [0.29, 0.717) is 13.1 Å². The van der Waals surface area contributed by atoms with Crippen LogP contribution in [0.5, 0.6) is 0 Å². The molecule has 16 heavy (non-hydrogen) atoms. The molecule has 0 aliphatic carbocycles. The number of hydrogen-bond donors (Lipinski definition) is 1. The van der Waals surface area contributed by atoms with E-state index in [9.17, 15) is 9.50 Å². The van der Waals surface area contributed by atoms with Crippen molar-refractivity contribution in [2.24, 2.45) is 0 Å². The van der Waals surface area contributed by atoms with Gasteiger partial charge in [0.15, 0.2) is 0 Å². The van der Waals surface area contributed by atoms with Crippen molar-refractivity contribution < 1.29 is 9.50 Å². The maximum Gasteiger partial charge on any atom is 0.141 e. The standard InChI is InChI=1S/C12H13FN2O/c13-12-5-9(1-2-10(12)6-14)7-15-4-3-11(16)8-15/h1-2,5,11,16H,3-4,7-8H2. The number of nitriles is 1. The molecule has 1 aliphatic rings. The van der Waals surface area contributed by atoms with Crippen LogP contribution in [-0.4, -0.2) is 29.2 Å². The van der Waals surface area contributed by atoms with Gasteiger partial charge in [0.2, 0.25) is 0 Å². The highest BCUT2D eigenvalue weighted by atomic mass is 19.1. The van der Waals surface area contributed by atoms with Crippen LogP contribution in [0.1, 0.15) is 17.5 Å². The lowest BCUT2D eigenvalue weighted by atomic mass is 10.1. The van der Waals surface area contributed by atoms with Gasteiger partial charge in [-0.2, -0.15) is 5.26 Å². The Morgan fingerprint density at radius 2 is 2.38 bits per heavy atom. The molecule has 0 saturated carbocycles. The highest BCUT2D eigenvalue weighted by Crippen LogP contribution is 2.15. The fourth-order valence-electron chi connectivity index (χ4n) is 1.96. The SMILES string of the molecule is N#Cc1ccc(CN2CCC(O)C2)cc1F. The fraction of sp³-hybridized carbons (Fsp3) is 0.417. The Hall–Kier alpha value is -1.44. The first kappa shape index (κ1) is 11.1. The second-order valence-electron chi connectivity index (χ2n) is 4.10. The van der Waals surface area contributed by atoms with Gasteiger partial charge in [-0.05, 0) is 24.1 Å². The van der Waals surface area contributed by atoms with E-state index >= 15 is 0 Å². The number of β-amino-alcohol motifs (C(OH)–C–C–N with tert-alkyl or cyclic N) is 1. The molecule has 0 amide bonds. The van der Waals surface area contributed by atoms with E-state index in [1.807, 2.05) is 0 Å². The lowest BCUT2D eigenvalue weighted by Gasteiger charge is -2.14. The molecule has 1 aromatic carbocycles. The Morgan fingerprint density at radius 3 is 2.94 bits per heavy atom. The van der Waals surface area contributed by atoms with Crippen LogP contribution < -0.4 is 0 Å². The molecule has 1 unspecified atom stereocenters. The Labute approximate surface area is 93.7 Å². The van der Waals surface area contributed by atoms with E-state index in [4.69, 9.17) is 5.26 Å². The fourth-order valence-corrected chi connectivity index (χ4v) is 1.96. The smallest absolute Gasteiger partial charge is 0.141 e. The van der Waals surface area contributed by atoms with Crippen LogP contribution in [0.15, 0.2) is 18.2 Å². The number of halogens is 1. The summed E-state index contributed by atoms with van der Waals surface area (Å²) >= 11 is 0. The summed E-state index contributed by atoms with van der Waals surface area (Å²) in [6.07, 6.45) is 0.516. The molecule has 84 valence electrons. The van der Waals surface area contributed by atoms with Crippen molar-refractivity contribution >= 4 is 0 Å². The topological polar surface area (TPSA) is 47.3 Å². The number of nitrogens with zero attached hydrogens (tertiary/aromatic N) is 2. The van der Waals surface area contributed by atoms with Crippen LogP contribution in [0.2, 0.25) is 0 Å². The molecule has 2 rings (SSSR count). The quantitative estimate of drug-likeness (QED) is 0.816. The van der Waals surface area contributed by atoms with Gasteiger partial charge in [0.25, 0.3) is 0 Å². The van der Waals surface area contributed by atoms with Gasteiger partial charge < -0.3 is 5.11 Å². The lowest BCUT2D eigenvalue weighted by molar-refractivity contribution is 0.175. The largest absolute Gasteiger partial charge is 0.392 e. The van der Waals surface area contributed by atoms with Crippen LogP contribution in [0.4, 0.5) is 4.39 Å². The Bertz CT molecular complexity index is 428. The number of hydrogen-bond acceptors (Lipinski definition) is 3. The first-order valence-corrected chi connectivity index (χ1v) is 5.28. The second-order valence-corrected chi connectivity index (χ2v) is 4.10. The van der Waals surface area contributed by atoms with Gasteiger partial charge >= 0.3 is 0 Å². The molecule has 1 atom stereocenters. The van der Waals surface area contributed by atoms with E-state index in [1.54, 1.807) is 12.1 Å². The van der Waals surface area contributed by atoms with Crippen LogP contribution in [-0.2, 0) is 6.54 Å². The van der Waals surface area contributed by atoms with Gasteiger partial charge in [0.1, 0.15) is 11.9 Å². The summed E-state index contributed by atoms with van der Waals surface area (Å²) in [5.41, 5.74) is 0.913. The Kier molecular flexibility index (Phi) is 3.18. The molecule has 4 heteroatoms. The zero-order chi connectivity index (χ0) is 11.5. The zero-order valence-corrected chi connectivity index (χ0v) is 8.86. The number of aliphatic hydroxyl groups is 1. The number of rotatable bonds is 2. The third-order valence-corrected chi connectivity index (χ3v) is 2.81. The average Bonchev–Trinajstić information content (AvgIpc) is 2.64. The molecule has 0 aromatic heterocycles. The molecule has 1 aliphatic heterocycles. The molecular formula is C12H13FN2O. The van der Waals surface area contributed by atoms with Gasteiger partial charge in [-0.25, -0.2) is 4.39 Å². The number of aliphatic hydroxyl groups excluding tert-OH is 1. The predicted octanol–water partition coefficient (Wildman–Crippen LogP) is 1.26.